The Morgan fingerprint density at radius 3 is 2.62 bits per heavy atom. The van der Waals surface area contributed by atoms with Crippen molar-refractivity contribution in [2.45, 2.75) is 26.9 Å². The number of hydrogen-bond acceptors (Lipinski definition) is 3. The maximum Gasteiger partial charge on any atom is 0.276 e. The maximum absolute atomic E-state index is 12.5. The molecule has 136 valence electrons. The molecule has 6 nitrogen and oxygen atoms in total. The lowest BCUT2D eigenvalue weighted by Gasteiger charge is -2.07. The second-order valence-corrected chi connectivity index (χ2v) is 6.93. The minimum atomic E-state index is -0.358. The average molecular weight is 413 g/mol. The molecule has 1 N–H and O–H groups in total. The van der Waals surface area contributed by atoms with Crippen molar-refractivity contribution in [2.24, 2.45) is 0 Å². The van der Waals surface area contributed by atoms with Crippen LogP contribution >= 0.6 is 34.8 Å². The summed E-state index contributed by atoms with van der Waals surface area (Å²) in [5.74, 6) is 0.0704. The van der Waals surface area contributed by atoms with Crippen molar-refractivity contribution >= 4 is 46.5 Å². The Balaban J connectivity index is 1.80. The Kier molecular flexibility index (Phi) is 5.55. The van der Waals surface area contributed by atoms with Gasteiger partial charge in [-0.2, -0.15) is 10.2 Å². The Bertz CT molecular complexity index is 963. The predicted molar refractivity (Wildman–Crippen MR) is 103 cm³/mol. The first-order valence-electron chi connectivity index (χ1n) is 7.90. The number of aryl methyl sites for hydroxylation is 2. The SMILES string of the molecule is CCn1ncc(Cl)c1C(=O)Nc1cc(C)n(Cc2ccc(Cl)cc2Cl)n1. The number of rotatable bonds is 5. The van der Waals surface area contributed by atoms with Crippen LogP contribution in [-0.4, -0.2) is 25.5 Å². The third kappa shape index (κ3) is 3.87. The van der Waals surface area contributed by atoms with Crippen molar-refractivity contribution in [2.75, 3.05) is 5.32 Å². The smallest absolute Gasteiger partial charge is 0.276 e. The molecule has 1 aromatic carbocycles. The predicted octanol–water partition coefficient (Wildman–Crippen LogP) is 4.67. The van der Waals surface area contributed by atoms with Gasteiger partial charge in [-0.3, -0.25) is 14.2 Å². The molecule has 0 aliphatic rings. The molecule has 0 aliphatic heterocycles. The molecular weight excluding hydrogens is 397 g/mol. The number of halogens is 3. The van der Waals surface area contributed by atoms with E-state index in [0.717, 1.165) is 11.3 Å². The summed E-state index contributed by atoms with van der Waals surface area (Å²) in [4.78, 5) is 12.5. The van der Waals surface area contributed by atoms with Crippen LogP contribution in [0.15, 0.2) is 30.5 Å². The minimum Gasteiger partial charge on any atom is -0.304 e. The summed E-state index contributed by atoms with van der Waals surface area (Å²) < 4.78 is 3.29. The fourth-order valence-corrected chi connectivity index (χ4v) is 3.24. The second kappa shape index (κ2) is 7.70. The van der Waals surface area contributed by atoms with Gasteiger partial charge >= 0.3 is 0 Å². The highest BCUT2D eigenvalue weighted by atomic mass is 35.5. The number of carbonyl (C=O) groups excluding carboxylic acids is 1. The third-order valence-electron chi connectivity index (χ3n) is 3.87. The van der Waals surface area contributed by atoms with Crippen LogP contribution in [0.1, 0.15) is 28.7 Å². The van der Waals surface area contributed by atoms with Crippen LogP contribution in [-0.2, 0) is 13.1 Å². The van der Waals surface area contributed by atoms with Gasteiger partial charge in [0.1, 0.15) is 5.69 Å². The van der Waals surface area contributed by atoms with E-state index in [-0.39, 0.29) is 5.91 Å². The van der Waals surface area contributed by atoms with Crippen LogP contribution in [0.5, 0.6) is 0 Å². The van der Waals surface area contributed by atoms with Gasteiger partial charge in [-0.05, 0) is 31.5 Å². The number of aromatic nitrogens is 4. The van der Waals surface area contributed by atoms with E-state index in [1.165, 1.54) is 10.9 Å². The lowest BCUT2D eigenvalue weighted by atomic mass is 10.2. The lowest BCUT2D eigenvalue weighted by molar-refractivity contribution is 0.101. The van der Waals surface area contributed by atoms with E-state index >= 15 is 0 Å². The molecule has 26 heavy (non-hydrogen) atoms. The Hall–Kier alpha value is -2.02. The standard InChI is InChI=1S/C17H16Cl3N5O/c1-3-24-16(14(20)8-21-24)17(26)22-15-6-10(2)25(23-15)9-11-4-5-12(18)7-13(11)19/h4-8H,3,9H2,1-2H3,(H,22,23,26). The molecule has 3 aromatic rings. The van der Waals surface area contributed by atoms with Crippen molar-refractivity contribution in [3.05, 3.63) is 62.5 Å². The highest BCUT2D eigenvalue weighted by Gasteiger charge is 2.18. The van der Waals surface area contributed by atoms with Gasteiger partial charge in [-0.1, -0.05) is 40.9 Å². The van der Waals surface area contributed by atoms with Crippen LogP contribution in [0.25, 0.3) is 0 Å². The maximum atomic E-state index is 12.5. The molecule has 0 radical (unpaired) electrons. The highest BCUT2D eigenvalue weighted by molar-refractivity contribution is 6.35. The summed E-state index contributed by atoms with van der Waals surface area (Å²) in [5.41, 5.74) is 2.07. The van der Waals surface area contributed by atoms with E-state index in [9.17, 15) is 4.79 Å². The normalized spacial score (nSPS) is 11.0. The van der Waals surface area contributed by atoms with Crippen LogP contribution in [0.4, 0.5) is 5.82 Å². The number of carbonyl (C=O) groups is 1. The Morgan fingerprint density at radius 2 is 1.92 bits per heavy atom. The van der Waals surface area contributed by atoms with Crippen LogP contribution < -0.4 is 5.32 Å². The number of anilines is 1. The first-order valence-corrected chi connectivity index (χ1v) is 9.03. The number of nitrogens with one attached hydrogen (secondary N) is 1. The summed E-state index contributed by atoms with van der Waals surface area (Å²) >= 11 is 18.2. The summed E-state index contributed by atoms with van der Waals surface area (Å²) in [6.07, 6.45) is 1.45. The zero-order valence-electron chi connectivity index (χ0n) is 14.1. The number of nitrogens with zero attached hydrogens (tertiary/aromatic N) is 4. The van der Waals surface area contributed by atoms with Gasteiger partial charge in [0.15, 0.2) is 5.82 Å². The third-order valence-corrected chi connectivity index (χ3v) is 4.73. The van der Waals surface area contributed by atoms with Gasteiger partial charge in [0, 0.05) is 28.4 Å². The van der Waals surface area contributed by atoms with E-state index in [0.29, 0.717) is 39.7 Å². The van der Waals surface area contributed by atoms with Crippen molar-refractivity contribution in [3.8, 4) is 0 Å². The summed E-state index contributed by atoms with van der Waals surface area (Å²) in [5, 5.41) is 12.7. The van der Waals surface area contributed by atoms with Gasteiger partial charge in [0.2, 0.25) is 0 Å². The fraction of sp³-hybridized carbons (Fsp3) is 0.235. The van der Waals surface area contributed by atoms with Gasteiger partial charge in [0.25, 0.3) is 5.91 Å². The van der Waals surface area contributed by atoms with Crippen molar-refractivity contribution in [1.82, 2.24) is 19.6 Å². The quantitative estimate of drug-likeness (QED) is 0.662. The van der Waals surface area contributed by atoms with Crippen molar-refractivity contribution < 1.29 is 4.79 Å². The summed E-state index contributed by atoms with van der Waals surface area (Å²) in [6.45, 7) is 4.79. The van der Waals surface area contributed by atoms with E-state index in [4.69, 9.17) is 34.8 Å². The first-order chi connectivity index (χ1) is 12.4. The van der Waals surface area contributed by atoms with Gasteiger partial charge in [0.05, 0.1) is 17.8 Å². The Labute approximate surface area is 165 Å². The topological polar surface area (TPSA) is 64.7 Å². The Morgan fingerprint density at radius 1 is 1.15 bits per heavy atom. The van der Waals surface area contributed by atoms with Crippen LogP contribution in [0.2, 0.25) is 15.1 Å². The van der Waals surface area contributed by atoms with E-state index in [1.807, 2.05) is 19.9 Å². The van der Waals surface area contributed by atoms with E-state index < -0.39 is 0 Å². The molecule has 9 heteroatoms. The number of benzene rings is 1. The van der Waals surface area contributed by atoms with Crippen LogP contribution in [0.3, 0.4) is 0 Å². The molecule has 0 saturated heterocycles. The second-order valence-electron chi connectivity index (χ2n) is 5.68. The van der Waals surface area contributed by atoms with Crippen molar-refractivity contribution in [3.63, 3.8) is 0 Å². The van der Waals surface area contributed by atoms with E-state index in [1.54, 1.807) is 22.9 Å². The van der Waals surface area contributed by atoms with Gasteiger partial charge in [-0.15, -0.1) is 0 Å². The molecule has 0 spiro atoms. The molecule has 2 aromatic heterocycles. The molecule has 1 amide bonds. The van der Waals surface area contributed by atoms with Crippen molar-refractivity contribution in [1.29, 1.82) is 0 Å². The molecule has 0 aliphatic carbocycles. The fourth-order valence-electron chi connectivity index (χ4n) is 2.55. The highest BCUT2D eigenvalue weighted by Crippen LogP contribution is 2.23. The molecular formula is C17H16Cl3N5O. The molecule has 0 fully saturated rings. The monoisotopic (exact) mass is 411 g/mol. The number of hydrogen-bond donors (Lipinski definition) is 1. The number of amides is 1. The van der Waals surface area contributed by atoms with E-state index in [2.05, 4.69) is 15.5 Å². The van der Waals surface area contributed by atoms with Gasteiger partial charge in [-0.25, -0.2) is 0 Å². The molecule has 0 unspecified atom stereocenters. The lowest BCUT2D eigenvalue weighted by Crippen LogP contribution is -2.18. The molecule has 2 heterocycles. The zero-order valence-corrected chi connectivity index (χ0v) is 16.4. The van der Waals surface area contributed by atoms with Crippen LogP contribution in [0, 0.1) is 6.92 Å². The molecule has 0 saturated carbocycles. The largest absolute Gasteiger partial charge is 0.304 e. The summed E-state index contributed by atoms with van der Waals surface area (Å²) in [7, 11) is 0. The van der Waals surface area contributed by atoms with Gasteiger partial charge < -0.3 is 5.32 Å². The zero-order chi connectivity index (χ0) is 18.8. The summed E-state index contributed by atoms with van der Waals surface area (Å²) in [6, 6.07) is 7.10. The first kappa shape index (κ1) is 18.8. The minimum absolute atomic E-state index is 0.299. The molecule has 3 rings (SSSR count). The molecule has 0 atom stereocenters. The average Bonchev–Trinajstić information content (AvgIpc) is 3.12. The molecule has 0 bridgehead atoms.